The Morgan fingerprint density at radius 1 is 0.611 bits per heavy atom. The molecule has 2 saturated heterocycles. The van der Waals surface area contributed by atoms with E-state index < -0.39 is 0 Å². The standard InChI is InChI=1S/C16H26O2/c1-3-7-15(8-4-1)11-13-12-16(18-14(13)17-15)9-5-2-6-10-16/h13-14H,1-12H2. The van der Waals surface area contributed by atoms with Crippen molar-refractivity contribution in [3.05, 3.63) is 0 Å². The van der Waals surface area contributed by atoms with Crippen LogP contribution in [0.5, 0.6) is 0 Å². The molecule has 4 rings (SSSR count). The van der Waals surface area contributed by atoms with Crippen molar-refractivity contribution >= 4 is 0 Å². The van der Waals surface area contributed by atoms with Crippen molar-refractivity contribution in [2.24, 2.45) is 5.92 Å². The second-order valence-corrected chi connectivity index (χ2v) is 7.26. The molecule has 102 valence electrons. The largest absolute Gasteiger partial charge is 0.346 e. The summed E-state index contributed by atoms with van der Waals surface area (Å²) in [5, 5.41) is 0. The second kappa shape index (κ2) is 4.21. The van der Waals surface area contributed by atoms with Crippen LogP contribution in [0.1, 0.15) is 77.0 Å². The van der Waals surface area contributed by atoms with Crippen molar-refractivity contribution in [1.82, 2.24) is 0 Å². The molecule has 2 aliphatic carbocycles. The van der Waals surface area contributed by atoms with Gasteiger partial charge in [-0.15, -0.1) is 0 Å². The Balaban J connectivity index is 1.45. The molecule has 2 saturated carbocycles. The zero-order valence-corrected chi connectivity index (χ0v) is 11.5. The van der Waals surface area contributed by atoms with Crippen molar-refractivity contribution in [3.63, 3.8) is 0 Å². The highest BCUT2D eigenvalue weighted by Gasteiger charge is 2.56. The van der Waals surface area contributed by atoms with Gasteiger partial charge in [-0.2, -0.15) is 0 Å². The minimum Gasteiger partial charge on any atom is -0.346 e. The lowest BCUT2D eigenvalue weighted by molar-refractivity contribution is -0.212. The molecule has 0 bridgehead atoms. The van der Waals surface area contributed by atoms with E-state index in [1.807, 2.05) is 0 Å². The molecule has 4 aliphatic rings. The molecule has 0 aromatic carbocycles. The van der Waals surface area contributed by atoms with Crippen molar-refractivity contribution in [3.8, 4) is 0 Å². The van der Waals surface area contributed by atoms with Crippen LogP contribution in [0.25, 0.3) is 0 Å². The molecule has 2 heterocycles. The lowest BCUT2D eigenvalue weighted by atomic mass is 9.76. The van der Waals surface area contributed by atoms with Gasteiger partial charge >= 0.3 is 0 Å². The van der Waals surface area contributed by atoms with Crippen LogP contribution in [0.4, 0.5) is 0 Å². The summed E-state index contributed by atoms with van der Waals surface area (Å²) in [6, 6.07) is 0. The molecular weight excluding hydrogens is 224 g/mol. The second-order valence-electron chi connectivity index (χ2n) is 7.26. The Kier molecular flexibility index (Phi) is 2.74. The average Bonchev–Trinajstić information content (AvgIpc) is 2.83. The van der Waals surface area contributed by atoms with Gasteiger partial charge in [0.25, 0.3) is 0 Å². The predicted molar refractivity (Wildman–Crippen MR) is 70.3 cm³/mol. The van der Waals surface area contributed by atoms with Crippen LogP contribution in [0.2, 0.25) is 0 Å². The molecule has 0 N–H and O–H groups in total. The molecule has 0 aromatic rings. The van der Waals surface area contributed by atoms with Crippen LogP contribution in [0.3, 0.4) is 0 Å². The SMILES string of the molecule is C1CCC2(CC1)CC1CC3(CCCCC3)OC1O2. The molecule has 2 nitrogen and oxygen atoms in total. The summed E-state index contributed by atoms with van der Waals surface area (Å²) in [5.74, 6) is 0.709. The molecule has 0 atom stereocenters. The van der Waals surface area contributed by atoms with Gasteiger partial charge in [-0.05, 0) is 38.5 Å². The normalized spacial score (nSPS) is 41.3. The van der Waals surface area contributed by atoms with Crippen LogP contribution >= 0.6 is 0 Å². The summed E-state index contributed by atoms with van der Waals surface area (Å²) in [5.41, 5.74) is 0.452. The van der Waals surface area contributed by atoms with E-state index >= 15 is 0 Å². The molecule has 18 heavy (non-hydrogen) atoms. The Labute approximate surface area is 110 Å². The first-order valence-corrected chi connectivity index (χ1v) is 8.15. The smallest absolute Gasteiger partial charge is 0.162 e. The van der Waals surface area contributed by atoms with Crippen LogP contribution in [-0.4, -0.2) is 17.5 Å². The fraction of sp³-hybridized carbons (Fsp3) is 1.00. The fourth-order valence-corrected chi connectivity index (χ4v) is 5.06. The summed E-state index contributed by atoms with van der Waals surface area (Å²) < 4.78 is 12.8. The zero-order chi connectivity index (χ0) is 12.1. The fourth-order valence-electron chi connectivity index (χ4n) is 5.06. The molecule has 0 amide bonds. The van der Waals surface area contributed by atoms with Crippen molar-refractivity contribution < 1.29 is 9.47 Å². The number of hydrogen-bond donors (Lipinski definition) is 0. The van der Waals surface area contributed by atoms with Gasteiger partial charge in [-0.25, -0.2) is 0 Å². The average molecular weight is 250 g/mol. The highest BCUT2D eigenvalue weighted by Crippen LogP contribution is 2.54. The van der Waals surface area contributed by atoms with E-state index in [9.17, 15) is 0 Å². The topological polar surface area (TPSA) is 18.5 Å². The Morgan fingerprint density at radius 3 is 1.44 bits per heavy atom. The molecule has 0 aromatic heterocycles. The maximum absolute atomic E-state index is 6.42. The lowest BCUT2D eigenvalue weighted by Crippen LogP contribution is -2.37. The Morgan fingerprint density at radius 2 is 1.06 bits per heavy atom. The molecule has 0 unspecified atom stereocenters. The van der Waals surface area contributed by atoms with Crippen LogP contribution < -0.4 is 0 Å². The first kappa shape index (κ1) is 11.7. The third-order valence-corrected chi connectivity index (χ3v) is 5.92. The first-order chi connectivity index (χ1) is 8.79. The third kappa shape index (κ3) is 1.84. The number of rotatable bonds is 0. The number of fused-ring (bicyclic) bond motifs is 1. The van der Waals surface area contributed by atoms with Gasteiger partial charge in [0.1, 0.15) is 0 Å². The van der Waals surface area contributed by atoms with Crippen LogP contribution in [0.15, 0.2) is 0 Å². The quantitative estimate of drug-likeness (QED) is 0.642. The van der Waals surface area contributed by atoms with Gasteiger partial charge in [0, 0.05) is 5.92 Å². The van der Waals surface area contributed by atoms with Crippen molar-refractivity contribution in [1.29, 1.82) is 0 Å². The summed E-state index contributed by atoms with van der Waals surface area (Å²) in [6.45, 7) is 0. The van der Waals surface area contributed by atoms with Gasteiger partial charge in [-0.3, -0.25) is 0 Å². The number of hydrogen-bond acceptors (Lipinski definition) is 2. The highest BCUT2D eigenvalue weighted by molar-refractivity contribution is 5.01. The first-order valence-electron chi connectivity index (χ1n) is 8.15. The molecular formula is C16H26O2. The molecule has 0 radical (unpaired) electrons. The molecule has 4 fully saturated rings. The number of ether oxygens (including phenoxy) is 2. The Hall–Kier alpha value is -0.0800. The Bertz CT molecular complexity index is 265. The van der Waals surface area contributed by atoms with Crippen LogP contribution in [-0.2, 0) is 9.47 Å². The predicted octanol–water partition coefficient (Wildman–Crippen LogP) is 4.18. The zero-order valence-electron chi connectivity index (χ0n) is 11.5. The minimum absolute atomic E-state index is 0.154. The van der Waals surface area contributed by atoms with E-state index in [1.165, 1.54) is 77.0 Å². The van der Waals surface area contributed by atoms with Gasteiger partial charge in [0.05, 0.1) is 11.2 Å². The van der Waals surface area contributed by atoms with Crippen molar-refractivity contribution in [2.75, 3.05) is 0 Å². The molecule has 2 aliphatic heterocycles. The maximum atomic E-state index is 6.42. The van der Waals surface area contributed by atoms with E-state index in [4.69, 9.17) is 9.47 Å². The summed E-state index contributed by atoms with van der Waals surface area (Å²) in [6.07, 6.45) is 16.2. The summed E-state index contributed by atoms with van der Waals surface area (Å²) >= 11 is 0. The van der Waals surface area contributed by atoms with E-state index in [0.717, 1.165) is 0 Å². The van der Waals surface area contributed by atoms with Crippen molar-refractivity contribution in [2.45, 2.75) is 94.5 Å². The summed E-state index contributed by atoms with van der Waals surface area (Å²) in [7, 11) is 0. The summed E-state index contributed by atoms with van der Waals surface area (Å²) in [4.78, 5) is 0. The highest BCUT2D eigenvalue weighted by atomic mass is 16.7. The van der Waals surface area contributed by atoms with Crippen LogP contribution in [0, 0.1) is 5.92 Å². The third-order valence-electron chi connectivity index (χ3n) is 5.92. The van der Waals surface area contributed by atoms with Gasteiger partial charge in [-0.1, -0.05) is 38.5 Å². The molecule has 2 heteroatoms. The molecule has 2 spiro atoms. The monoisotopic (exact) mass is 250 g/mol. The lowest BCUT2D eigenvalue weighted by Gasteiger charge is -2.38. The minimum atomic E-state index is 0.154. The van der Waals surface area contributed by atoms with Gasteiger partial charge in [0.15, 0.2) is 6.29 Å². The van der Waals surface area contributed by atoms with E-state index in [-0.39, 0.29) is 17.5 Å². The van der Waals surface area contributed by atoms with E-state index in [1.54, 1.807) is 0 Å². The van der Waals surface area contributed by atoms with E-state index in [2.05, 4.69) is 0 Å². The van der Waals surface area contributed by atoms with E-state index in [0.29, 0.717) is 5.92 Å². The van der Waals surface area contributed by atoms with Gasteiger partial charge in [0.2, 0.25) is 0 Å². The maximum Gasteiger partial charge on any atom is 0.162 e. The van der Waals surface area contributed by atoms with Gasteiger partial charge < -0.3 is 9.47 Å².